The van der Waals surface area contributed by atoms with E-state index in [-0.39, 0.29) is 77.6 Å². The van der Waals surface area contributed by atoms with Crippen LogP contribution < -0.4 is 5.32 Å². The third-order valence-corrected chi connectivity index (χ3v) is 18.3. The molecule has 2 aliphatic carbocycles. The zero-order chi connectivity index (χ0) is 64.7. The van der Waals surface area contributed by atoms with E-state index < -0.39 is 132 Å². The molecule has 10 rings (SSSR count). The lowest BCUT2D eigenvalue weighted by atomic mass is 9.78. The molecule has 26 nitrogen and oxygen atoms in total. The molecular formula is C63H76FN7O19S. The molecule has 91 heavy (non-hydrogen) atoms. The standard InChI is InChI=1S/C63H76FN7O19S/c1-34-25-39-18-12-21-43(52(39)50(26-34)91(82,83)84)65-51(74)23-24-70-31-42(66-68-70)20-9-10-22-46(73)40-29-45(71-32-44(67-69-71)38-17-11-19-41(64)28-38)57(90-62-56(78)55(77)53(75)35(2)85-62)47(30-40)87-63-59(89-61(81)37-15-7-4-8-16-37)58(54(76)49(33-72)88-63)86-48(60(79)80)27-36-13-5-3-6-14-36/h4,7-8,11-12,15-19,21,25-26,28,31-32,35-36,40,45,47-49,53-59,62-63,72,75-78H,3,5-6,9-10,13-14,20,22-24,27,29-30,33H2,1-2H3,(H,65,74)(H,79,80)(H,82,83,84)/t35?,40?,45?,47?,48-,49?,53?,54?,55?,56?,57?,58?,59?,62?,63?/m0/s1. The number of nitrogens with zero attached hydrogens (tertiary/aromatic N) is 6. The molecule has 14 unspecified atom stereocenters. The van der Waals surface area contributed by atoms with Gasteiger partial charge in [-0.1, -0.05) is 91.1 Å². The molecule has 4 aromatic carbocycles. The van der Waals surface area contributed by atoms with Crippen molar-refractivity contribution in [1.29, 1.82) is 0 Å². The number of hydrogen-bond donors (Lipinski definition) is 8. The van der Waals surface area contributed by atoms with Crippen LogP contribution in [0.5, 0.6) is 0 Å². The van der Waals surface area contributed by atoms with Gasteiger partial charge in [-0.15, -0.1) is 10.2 Å². The maximum absolute atomic E-state index is 14.8. The monoisotopic (exact) mass is 1290 g/mol. The molecule has 4 heterocycles. The molecular weight excluding hydrogens is 1210 g/mol. The molecule has 2 saturated heterocycles. The van der Waals surface area contributed by atoms with Crippen molar-refractivity contribution >= 4 is 50.2 Å². The Morgan fingerprint density at radius 1 is 0.802 bits per heavy atom. The zero-order valence-corrected chi connectivity index (χ0v) is 50.9. The number of hydrogen-bond acceptors (Lipinski definition) is 21. The number of ketones is 1. The number of aliphatic hydroxyl groups is 5. The lowest BCUT2D eigenvalue weighted by molar-refractivity contribution is -0.348. The molecule has 8 N–H and O–H groups in total. The summed E-state index contributed by atoms with van der Waals surface area (Å²) in [6.07, 6.45) is -12.6. The normalized spacial score (nSPS) is 27.7. The Bertz CT molecular complexity index is 3610. The number of carboxylic acids is 1. The zero-order valence-electron chi connectivity index (χ0n) is 50.1. The lowest BCUT2D eigenvalue weighted by Crippen LogP contribution is -2.64. The van der Waals surface area contributed by atoms with Gasteiger partial charge in [0.05, 0.1) is 48.9 Å². The second-order valence-electron chi connectivity index (χ2n) is 24.0. The Kier molecular flexibility index (Phi) is 21.8. The average Bonchev–Trinajstić information content (AvgIpc) is 1.98. The van der Waals surface area contributed by atoms with E-state index in [1.54, 1.807) is 55.6 Å². The number of Topliss-reactive ketones (excluding diaryl/α,β-unsaturated/α-hetero) is 1. The van der Waals surface area contributed by atoms with Gasteiger partial charge in [-0.3, -0.25) is 18.8 Å². The number of aromatic nitrogens is 6. The summed E-state index contributed by atoms with van der Waals surface area (Å²) in [7, 11) is -4.64. The highest BCUT2D eigenvalue weighted by atomic mass is 32.2. The number of ether oxygens (including phenoxy) is 6. The SMILES string of the molecule is Cc1cc(S(=O)(=O)O)c2c(NC(=O)CCn3cc(CCCCC(=O)C4CC(OC5OC(CO)C(O)C(O[C@@H](CC6CCCCC6)C(=O)O)C5OC(=O)c5ccccc5)C(OC5OC(C)C(O)C(O)C5O)C(n5cc(-c6cccc(F)c6)nn5)C4)nn3)cccc2c1. The van der Waals surface area contributed by atoms with Crippen molar-refractivity contribution in [3.63, 3.8) is 0 Å². The molecule has 4 fully saturated rings. The van der Waals surface area contributed by atoms with Gasteiger partial charge in [-0.05, 0) is 106 Å². The van der Waals surface area contributed by atoms with Gasteiger partial charge >= 0.3 is 11.9 Å². The Morgan fingerprint density at radius 3 is 2.31 bits per heavy atom. The van der Waals surface area contributed by atoms with E-state index in [1.807, 2.05) is 0 Å². The number of esters is 1. The number of carboxylic acid groups (broad SMARTS) is 1. The molecule has 0 spiro atoms. The number of aliphatic carboxylic acids is 1. The highest BCUT2D eigenvalue weighted by Gasteiger charge is 2.55. The van der Waals surface area contributed by atoms with Crippen LogP contribution in [0.15, 0.2) is 102 Å². The summed E-state index contributed by atoms with van der Waals surface area (Å²) >= 11 is 0. The smallest absolute Gasteiger partial charge is 0.338 e. The molecule has 28 heteroatoms. The molecule has 1 amide bonds. The number of unbranched alkanes of at least 4 members (excludes halogenated alkanes) is 1. The van der Waals surface area contributed by atoms with Crippen LogP contribution in [-0.2, 0) is 65.9 Å². The summed E-state index contributed by atoms with van der Waals surface area (Å²) in [6, 6.07) is 20.2. The number of fused-ring (bicyclic) bond motifs is 1. The summed E-state index contributed by atoms with van der Waals surface area (Å²) in [5.74, 6) is -4.51. The van der Waals surface area contributed by atoms with Gasteiger partial charge in [-0.25, -0.2) is 18.7 Å². The minimum absolute atomic E-state index is 0.0123. The Hall–Kier alpha value is -7.06. The second-order valence-corrected chi connectivity index (χ2v) is 25.4. The summed E-state index contributed by atoms with van der Waals surface area (Å²) in [4.78, 5) is 55.0. The van der Waals surface area contributed by atoms with Gasteiger partial charge in [0.25, 0.3) is 10.1 Å². The van der Waals surface area contributed by atoms with Crippen LogP contribution in [0.1, 0.15) is 112 Å². The Morgan fingerprint density at radius 2 is 1.57 bits per heavy atom. The van der Waals surface area contributed by atoms with E-state index >= 15 is 0 Å². The summed E-state index contributed by atoms with van der Waals surface area (Å²) in [6.45, 7) is 2.38. The average molecular weight is 1290 g/mol. The summed E-state index contributed by atoms with van der Waals surface area (Å²) < 4.78 is 90.5. The van der Waals surface area contributed by atoms with Crippen LogP contribution in [0.2, 0.25) is 0 Å². The van der Waals surface area contributed by atoms with Gasteiger partial charge in [0.1, 0.15) is 64.9 Å². The maximum Gasteiger partial charge on any atom is 0.338 e. The number of benzene rings is 4. The van der Waals surface area contributed by atoms with Gasteiger partial charge in [0, 0.05) is 41.6 Å². The van der Waals surface area contributed by atoms with Crippen molar-refractivity contribution in [2.45, 2.75) is 195 Å². The first-order valence-electron chi connectivity index (χ1n) is 30.6. The number of carbonyl (C=O) groups is 4. The molecule has 490 valence electrons. The van der Waals surface area contributed by atoms with Crippen molar-refractivity contribution in [1.82, 2.24) is 30.0 Å². The fraction of sp³-hybridized carbons (Fsp3) is 0.524. The third-order valence-electron chi connectivity index (χ3n) is 17.4. The third kappa shape index (κ3) is 16.2. The minimum Gasteiger partial charge on any atom is -0.479 e. The van der Waals surface area contributed by atoms with Gasteiger partial charge in [0.15, 0.2) is 24.8 Å². The highest BCUT2D eigenvalue weighted by molar-refractivity contribution is 7.86. The number of aliphatic hydroxyl groups excluding tert-OH is 5. The molecule has 6 aromatic rings. The van der Waals surface area contributed by atoms with Crippen LogP contribution >= 0.6 is 0 Å². The number of amides is 1. The first-order chi connectivity index (χ1) is 43.6. The van der Waals surface area contributed by atoms with Crippen molar-refractivity contribution in [3.05, 3.63) is 120 Å². The van der Waals surface area contributed by atoms with Gasteiger partial charge in [0.2, 0.25) is 5.91 Å². The van der Waals surface area contributed by atoms with E-state index in [9.17, 15) is 67.2 Å². The van der Waals surface area contributed by atoms with E-state index in [0.29, 0.717) is 41.5 Å². The van der Waals surface area contributed by atoms with Crippen LogP contribution in [0.3, 0.4) is 0 Å². The van der Waals surface area contributed by atoms with Crippen molar-refractivity contribution in [2.75, 3.05) is 11.9 Å². The molecule has 15 atom stereocenters. The number of nitrogens with one attached hydrogen (secondary N) is 1. The number of aryl methyl sites for hydroxylation is 3. The first-order valence-corrected chi connectivity index (χ1v) is 32.1. The lowest BCUT2D eigenvalue weighted by Gasteiger charge is -2.48. The van der Waals surface area contributed by atoms with Crippen LogP contribution in [0.4, 0.5) is 10.1 Å². The van der Waals surface area contributed by atoms with E-state index in [2.05, 4.69) is 25.9 Å². The summed E-state index contributed by atoms with van der Waals surface area (Å²) in [5.41, 5.74) is 1.97. The number of halogens is 1. The van der Waals surface area contributed by atoms with Crippen LogP contribution in [-0.4, -0.2) is 184 Å². The molecule has 0 radical (unpaired) electrons. The molecule has 2 aromatic heterocycles. The fourth-order valence-electron chi connectivity index (χ4n) is 12.7. The largest absolute Gasteiger partial charge is 0.479 e. The predicted molar refractivity (Wildman–Crippen MR) is 318 cm³/mol. The van der Waals surface area contributed by atoms with Crippen LogP contribution in [0.25, 0.3) is 22.0 Å². The highest BCUT2D eigenvalue weighted by Crippen LogP contribution is 2.43. The quantitative estimate of drug-likeness (QED) is 0.0211. The van der Waals surface area contributed by atoms with Crippen molar-refractivity contribution < 1.29 is 95.6 Å². The number of anilines is 1. The number of rotatable bonds is 25. The van der Waals surface area contributed by atoms with Gasteiger partial charge in [-0.2, -0.15) is 8.42 Å². The molecule has 2 saturated carbocycles. The fourth-order valence-corrected chi connectivity index (χ4v) is 13.5. The molecule has 2 aliphatic heterocycles. The van der Waals surface area contributed by atoms with Crippen molar-refractivity contribution in [3.8, 4) is 11.3 Å². The van der Waals surface area contributed by atoms with Gasteiger partial charge < -0.3 is 64.4 Å². The first kappa shape index (κ1) is 66.8. The topological polar surface area (TPSA) is 373 Å². The maximum atomic E-state index is 14.8. The van der Waals surface area contributed by atoms with Crippen LogP contribution in [0, 0.1) is 24.6 Å². The minimum atomic E-state index is -4.64. The Balaban J connectivity index is 0.910. The second kappa shape index (κ2) is 29.7. The Labute approximate surface area is 523 Å². The van der Waals surface area contributed by atoms with Crippen molar-refractivity contribution in [2.24, 2.45) is 11.8 Å². The predicted octanol–water partition coefficient (Wildman–Crippen LogP) is 5.06. The molecule has 4 aliphatic rings. The van der Waals surface area contributed by atoms with E-state index in [1.165, 1.54) is 64.9 Å². The van der Waals surface area contributed by atoms with E-state index in [0.717, 1.165) is 32.1 Å². The van der Waals surface area contributed by atoms with E-state index in [4.69, 9.17) is 28.4 Å². The molecule has 0 bridgehead atoms. The number of carbonyl (C=O) groups excluding carboxylic acids is 3. The summed E-state index contributed by atoms with van der Waals surface area (Å²) in [5, 5.41) is 87.3.